The Bertz CT molecular complexity index is 1020. The molecular weight excluding hydrogens is 548 g/mol. The highest BCUT2D eigenvalue weighted by molar-refractivity contribution is 9.10. The highest BCUT2D eigenvalue weighted by Crippen LogP contribution is 2.45. The van der Waals surface area contributed by atoms with E-state index in [2.05, 4.69) is 47.6 Å². The van der Waals surface area contributed by atoms with Crippen LogP contribution in [0.5, 0.6) is 0 Å². The van der Waals surface area contributed by atoms with Crippen molar-refractivity contribution in [1.29, 1.82) is 0 Å². The number of carbonyl (C=O) groups excluding carboxylic acids is 1. The van der Waals surface area contributed by atoms with Crippen LogP contribution in [0.4, 0.5) is 5.13 Å². The van der Waals surface area contributed by atoms with Crippen LogP contribution in [0.25, 0.3) is 6.08 Å². The molecule has 1 saturated heterocycles. The van der Waals surface area contributed by atoms with Gasteiger partial charge in [0.2, 0.25) is 0 Å². The zero-order chi connectivity index (χ0) is 20.9. The maximum atomic E-state index is 13.2. The maximum absolute atomic E-state index is 13.2. The van der Waals surface area contributed by atoms with Crippen LogP contribution >= 0.6 is 55.0 Å². The van der Waals surface area contributed by atoms with Gasteiger partial charge in [0.1, 0.15) is 5.37 Å². The van der Waals surface area contributed by atoms with Crippen molar-refractivity contribution in [2.24, 2.45) is 0 Å². The van der Waals surface area contributed by atoms with Crippen molar-refractivity contribution in [3.8, 4) is 0 Å². The number of halogens is 2. The first-order chi connectivity index (χ1) is 14.6. The number of hydrogen-bond donors (Lipinski definition) is 2. The minimum absolute atomic E-state index is 0.0231. The fraction of sp³-hybridized carbons (Fsp3) is 0.143. The lowest BCUT2D eigenvalue weighted by atomic mass is 10.2. The van der Waals surface area contributed by atoms with Crippen LogP contribution in [0, 0.1) is 0 Å². The summed E-state index contributed by atoms with van der Waals surface area (Å²) in [5.74, 6) is -0.0231. The van der Waals surface area contributed by atoms with Crippen LogP contribution < -0.4 is 10.7 Å². The van der Waals surface area contributed by atoms with E-state index in [0.29, 0.717) is 18.0 Å². The molecule has 0 spiro atoms. The molecule has 1 fully saturated rings. The van der Waals surface area contributed by atoms with E-state index >= 15 is 0 Å². The van der Waals surface area contributed by atoms with Crippen molar-refractivity contribution in [1.82, 2.24) is 15.4 Å². The number of nitrogens with one attached hydrogen (secondary N) is 2. The second-order valence-electron chi connectivity index (χ2n) is 6.43. The topological polar surface area (TPSA) is 57.3 Å². The molecule has 2 aromatic carbocycles. The summed E-state index contributed by atoms with van der Waals surface area (Å²) in [6, 6.07) is 16.0. The van der Waals surface area contributed by atoms with Crippen molar-refractivity contribution in [3.05, 3.63) is 85.1 Å². The molecule has 0 bridgehead atoms. The molecule has 9 heteroatoms. The van der Waals surface area contributed by atoms with E-state index < -0.39 is 0 Å². The van der Waals surface area contributed by atoms with Gasteiger partial charge in [-0.3, -0.25) is 9.80 Å². The molecule has 30 heavy (non-hydrogen) atoms. The Morgan fingerprint density at radius 1 is 1.03 bits per heavy atom. The normalized spacial score (nSPS) is 17.7. The first kappa shape index (κ1) is 21.6. The van der Waals surface area contributed by atoms with Gasteiger partial charge in [-0.15, -0.1) is 11.3 Å². The second-order valence-corrected chi connectivity index (χ2v) is 10.3. The van der Waals surface area contributed by atoms with Gasteiger partial charge >= 0.3 is 0 Å². The number of hydrogen-bond acceptors (Lipinski definition) is 6. The molecule has 1 atom stereocenters. The molecule has 0 aliphatic carbocycles. The third-order valence-corrected chi connectivity index (χ3v) is 7.38. The van der Waals surface area contributed by atoms with Crippen molar-refractivity contribution < 1.29 is 4.79 Å². The molecule has 1 aromatic heterocycles. The number of amides is 1. The molecule has 1 aliphatic heterocycles. The van der Waals surface area contributed by atoms with Crippen LogP contribution in [-0.4, -0.2) is 29.0 Å². The Morgan fingerprint density at radius 3 is 2.40 bits per heavy atom. The predicted octanol–water partition coefficient (Wildman–Crippen LogP) is 5.90. The molecule has 154 valence electrons. The monoisotopic (exact) mass is 564 g/mol. The van der Waals surface area contributed by atoms with E-state index in [4.69, 9.17) is 0 Å². The van der Waals surface area contributed by atoms with Gasteiger partial charge < -0.3 is 5.32 Å². The quantitative estimate of drug-likeness (QED) is 0.276. The Morgan fingerprint density at radius 2 is 1.73 bits per heavy atom. The van der Waals surface area contributed by atoms with E-state index in [-0.39, 0.29) is 11.3 Å². The Balaban J connectivity index is 1.51. The smallest absolute Gasteiger partial charge is 0.275 e. The summed E-state index contributed by atoms with van der Waals surface area (Å²) in [6.45, 7) is 1.27. The molecule has 4 rings (SSSR count). The Kier molecular flexibility index (Phi) is 7.27. The van der Waals surface area contributed by atoms with Gasteiger partial charge in [0, 0.05) is 33.6 Å². The maximum Gasteiger partial charge on any atom is 0.275 e. The van der Waals surface area contributed by atoms with Gasteiger partial charge in [0.05, 0.1) is 4.91 Å². The molecule has 2 heterocycles. The van der Waals surface area contributed by atoms with Gasteiger partial charge in [0.15, 0.2) is 5.13 Å². The highest BCUT2D eigenvalue weighted by Gasteiger charge is 2.37. The fourth-order valence-electron chi connectivity index (χ4n) is 2.91. The van der Waals surface area contributed by atoms with Crippen molar-refractivity contribution >= 4 is 72.1 Å². The van der Waals surface area contributed by atoms with Crippen LogP contribution in [-0.2, 0) is 4.79 Å². The zero-order valence-corrected chi connectivity index (χ0v) is 20.5. The number of nitrogens with zero attached hydrogens (tertiary/aromatic N) is 2. The SMILES string of the molecule is O=C1/C(=C\c2ccc(Br)cc2)SC(c2ccc(Br)cc2)N1NCCNc1nccs1. The highest BCUT2D eigenvalue weighted by atomic mass is 79.9. The number of thioether (sulfide) groups is 1. The van der Waals surface area contributed by atoms with E-state index in [0.717, 1.165) is 25.2 Å². The molecule has 5 nitrogen and oxygen atoms in total. The van der Waals surface area contributed by atoms with Gasteiger partial charge in [-0.1, -0.05) is 67.9 Å². The average Bonchev–Trinajstić information content (AvgIpc) is 3.37. The third-order valence-electron chi connectivity index (χ3n) is 4.34. The van der Waals surface area contributed by atoms with Crippen LogP contribution in [0.1, 0.15) is 16.5 Å². The molecule has 1 amide bonds. The van der Waals surface area contributed by atoms with E-state index in [1.54, 1.807) is 34.3 Å². The summed E-state index contributed by atoms with van der Waals surface area (Å²) in [7, 11) is 0. The molecule has 0 saturated carbocycles. The molecule has 3 aromatic rings. The predicted molar refractivity (Wildman–Crippen MR) is 132 cm³/mol. The second kappa shape index (κ2) is 10.1. The first-order valence-corrected chi connectivity index (χ1v) is 12.5. The van der Waals surface area contributed by atoms with E-state index in [1.165, 1.54) is 0 Å². The summed E-state index contributed by atoms with van der Waals surface area (Å²) < 4.78 is 2.03. The van der Waals surface area contributed by atoms with Crippen molar-refractivity contribution in [2.45, 2.75) is 5.37 Å². The number of benzene rings is 2. The summed E-state index contributed by atoms with van der Waals surface area (Å²) in [4.78, 5) is 18.1. The van der Waals surface area contributed by atoms with Crippen LogP contribution in [0.3, 0.4) is 0 Å². The summed E-state index contributed by atoms with van der Waals surface area (Å²) in [6.07, 6.45) is 3.71. The first-order valence-electron chi connectivity index (χ1n) is 9.20. The van der Waals surface area contributed by atoms with E-state index in [9.17, 15) is 4.79 Å². The lowest BCUT2D eigenvalue weighted by Crippen LogP contribution is -2.42. The number of rotatable bonds is 7. The zero-order valence-electron chi connectivity index (χ0n) is 15.7. The standard InChI is InChI=1S/C21H18Br2N4OS2/c22-16-5-1-14(2-6-16)13-18-19(28)27(26-10-9-24-21-25-11-12-29-21)20(30-18)15-3-7-17(23)8-4-15/h1-8,11-13,20,26H,9-10H2,(H,24,25)/b18-13+. The molecular formula is C21H18Br2N4OS2. The lowest BCUT2D eigenvalue weighted by molar-refractivity contribution is -0.129. The molecule has 1 aliphatic rings. The Hall–Kier alpha value is -1.65. The van der Waals surface area contributed by atoms with Crippen LogP contribution in [0.2, 0.25) is 0 Å². The number of aromatic nitrogens is 1. The van der Waals surface area contributed by atoms with Crippen molar-refractivity contribution in [3.63, 3.8) is 0 Å². The minimum atomic E-state index is -0.132. The number of thiazole rings is 1. The summed E-state index contributed by atoms with van der Waals surface area (Å²) >= 11 is 10.0. The van der Waals surface area contributed by atoms with Gasteiger partial charge in [0.25, 0.3) is 5.91 Å². The fourth-order valence-corrected chi connectivity index (χ4v) is 5.21. The van der Waals surface area contributed by atoms with Gasteiger partial charge in [-0.05, 0) is 41.5 Å². The van der Waals surface area contributed by atoms with Gasteiger partial charge in [-0.2, -0.15) is 0 Å². The summed E-state index contributed by atoms with van der Waals surface area (Å²) in [5.41, 5.74) is 5.36. The Labute approximate surface area is 200 Å². The third kappa shape index (κ3) is 5.33. The summed E-state index contributed by atoms with van der Waals surface area (Å²) in [5, 5.41) is 7.65. The average molecular weight is 566 g/mol. The van der Waals surface area contributed by atoms with Crippen molar-refractivity contribution in [2.75, 3.05) is 18.4 Å². The number of anilines is 1. The van der Waals surface area contributed by atoms with Crippen LogP contribution in [0.15, 0.2) is 74.0 Å². The molecule has 1 unspecified atom stereocenters. The number of carbonyl (C=O) groups is 1. The minimum Gasteiger partial charge on any atom is -0.360 e. The molecule has 2 N–H and O–H groups in total. The van der Waals surface area contributed by atoms with Gasteiger partial charge in [-0.25, -0.2) is 10.4 Å². The largest absolute Gasteiger partial charge is 0.360 e. The van der Waals surface area contributed by atoms with E-state index in [1.807, 2.05) is 60.0 Å². The lowest BCUT2D eigenvalue weighted by Gasteiger charge is -2.24. The number of hydrazine groups is 1. The molecule has 0 radical (unpaired) electrons.